The Morgan fingerprint density at radius 2 is 1.23 bits per heavy atom. The molecule has 20 heteroatoms. The Morgan fingerprint density at radius 1 is 0.714 bits per heavy atom. The fourth-order valence-electron chi connectivity index (χ4n) is 5.11. The third-order valence-electron chi connectivity index (χ3n) is 7.99. The van der Waals surface area contributed by atoms with Gasteiger partial charge in [-0.05, 0) is 37.1 Å². The van der Waals surface area contributed by atoms with E-state index in [2.05, 4.69) is 61.4 Å². The van der Waals surface area contributed by atoms with E-state index in [4.69, 9.17) is 39.5 Å². The van der Waals surface area contributed by atoms with E-state index in [1.54, 1.807) is 18.2 Å². The smallest absolute Gasteiger partial charge is 0.267 e. The van der Waals surface area contributed by atoms with Gasteiger partial charge in [0.15, 0.2) is 10.3 Å². The van der Waals surface area contributed by atoms with Gasteiger partial charge >= 0.3 is 0 Å². The van der Waals surface area contributed by atoms with Crippen molar-refractivity contribution in [3.63, 3.8) is 0 Å². The topological polar surface area (TPSA) is 184 Å². The van der Waals surface area contributed by atoms with E-state index in [0.29, 0.717) is 58.2 Å². The number of nitrogens with one attached hydrogen (secondary N) is 5. The molecule has 0 aliphatic carbocycles. The molecule has 1 fully saturated rings. The number of amides is 2. The third kappa shape index (κ3) is 11.5. The highest BCUT2D eigenvalue weighted by molar-refractivity contribution is 7.18. The maximum Gasteiger partial charge on any atom is 0.267 e. The standard InChI is InChI=1S/C21H24ClN7O2S.C15H11Cl2N5OS/c1-14-3-2-4-15(22)19(14)28-20(30)16-12-24-21(32-16)27-18-11-17(25-13-26-18)23-5-6-29-7-9-31-10-8-29;1-8-3-2-4-9(16)13(8)22-14(23)10-6-18-15(24-10)21-12-5-11(17)19-7-20-12/h2-4,11-13H,5-10H2,1H3,(H,28,30)(H2,23,24,25,26,27);2-7H,1H3,(H,22,23)(H,18,19,20,21). The first-order valence-corrected chi connectivity index (χ1v) is 19.8. The lowest BCUT2D eigenvalue weighted by atomic mass is 10.2. The fourth-order valence-corrected chi connectivity index (χ4v) is 7.24. The first-order valence-electron chi connectivity index (χ1n) is 17.0. The number of anilines is 7. The number of morpholine rings is 1. The second-order valence-electron chi connectivity index (χ2n) is 12.0. The number of rotatable bonds is 12. The number of aromatic nitrogens is 6. The third-order valence-corrected chi connectivity index (χ3v) is 10.6. The van der Waals surface area contributed by atoms with E-state index in [9.17, 15) is 9.59 Å². The number of carbonyl (C=O) groups is 2. The summed E-state index contributed by atoms with van der Waals surface area (Å²) in [4.78, 5) is 53.0. The molecule has 2 amide bonds. The van der Waals surface area contributed by atoms with Crippen molar-refractivity contribution in [3.05, 3.63) is 110 Å². The molecule has 1 aliphatic rings. The SMILES string of the molecule is Cc1cccc(Cl)c1NC(=O)c1cnc(Nc2cc(Cl)ncn2)s1.Cc1cccc(Cl)c1NC(=O)c1cnc(Nc2cc(NCCN3CCOCC3)ncn2)s1. The van der Waals surface area contributed by atoms with E-state index in [-0.39, 0.29) is 11.8 Å². The molecule has 15 nitrogen and oxygen atoms in total. The quantitative estimate of drug-likeness (QED) is 0.0744. The number of benzene rings is 2. The number of hydrogen-bond donors (Lipinski definition) is 5. The first kappa shape index (κ1) is 40.6. The van der Waals surface area contributed by atoms with Gasteiger partial charge in [-0.25, -0.2) is 29.9 Å². The Bertz CT molecular complexity index is 2250. The average molecular weight is 854 g/mol. The number of carbonyl (C=O) groups excluding carboxylic acids is 2. The van der Waals surface area contributed by atoms with Gasteiger partial charge in [0, 0.05) is 38.3 Å². The molecule has 0 radical (unpaired) electrons. The number of halogens is 3. The van der Waals surface area contributed by atoms with Crippen molar-refractivity contribution in [2.45, 2.75) is 13.8 Å². The van der Waals surface area contributed by atoms with Crippen LogP contribution in [0.15, 0.2) is 73.6 Å². The highest BCUT2D eigenvalue weighted by Crippen LogP contribution is 2.29. The van der Waals surface area contributed by atoms with E-state index < -0.39 is 0 Å². The van der Waals surface area contributed by atoms with Gasteiger partial charge in [0.2, 0.25) is 0 Å². The van der Waals surface area contributed by atoms with Gasteiger partial charge in [0.25, 0.3) is 11.8 Å². The Hall–Kier alpha value is -5.01. The minimum absolute atomic E-state index is 0.264. The van der Waals surface area contributed by atoms with Crippen molar-refractivity contribution >= 4 is 108 Å². The summed E-state index contributed by atoms with van der Waals surface area (Å²) < 4.78 is 5.37. The molecular formula is C36H35Cl3N12O3S2. The van der Waals surface area contributed by atoms with Crippen LogP contribution < -0.4 is 26.6 Å². The van der Waals surface area contributed by atoms with Gasteiger partial charge in [-0.1, -0.05) is 81.7 Å². The monoisotopic (exact) mass is 852 g/mol. The molecular weight excluding hydrogens is 819 g/mol. The van der Waals surface area contributed by atoms with Crippen LogP contribution in [0.1, 0.15) is 30.5 Å². The number of hydrogen-bond acceptors (Lipinski definition) is 15. The van der Waals surface area contributed by atoms with Crippen molar-refractivity contribution < 1.29 is 14.3 Å². The molecule has 6 aromatic rings. The lowest BCUT2D eigenvalue weighted by molar-refractivity contribution is 0.0398. The minimum atomic E-state index is -0.280. The summed E-state index contributed by atoms with van der Waals surface area (Å²) in [7, 11) is 0. The molecule has 56 heavy (non-hydrogen) atoms. The molecule has 0 unspecified atom stereocenters. The summed E-state index contributed by atoms with van der Waals surface area (Å²) in [5, 5.41) is 17.5. The molecule has 0 bridgehead atoms. The van der Waals surface area contributed by atoms with Crippen molar-refractivity contribution in [1.82, 2.24) is 34.8 Å². The lowest BCUT2D eigenvalue weighted by Gasteiger charge is -2.26. The average Bonchev–Trinajstić information content (AvgIpc) is 3.86. The van der Waals surface area contributed by atoms with Gasteiger partial charge in [0.1, 0.15) is 45.0 Å². The number of aryl methyl sites for hydroxylation is 2. The zero-order valence-corrected chi connectivity index (χ0v) is 33.9. The van der Waals surface area contributed by atoms with Crippen LogP contribution in [0.3, 0.4) is 0 Å². The Morgan fingerprint density at radius 3 is 1.77 bits per heavy atom. The van der Waals surface area contributed by atoms with Crippen molar-refractivity contribution in [1.29, 1.82) is 0 Å². The van der Waals surface area contributed by atoms with Crippen LogP contribution in [0.25, 0.3) is 0 Å². The van der Waals surface area contributed by atoms with Gasteiger partial charge in [-0.15, -0.1) is 0 Å². The van der Waals surface area contributed by atoms with Crippen molar-refractivity contribution in [2.24, 2.45) is 0 Å². The molecule has 0 spiro atoms. The van der Waals surface area contributed by atoms with Gasteiger partial charge in [-0.3, -0.25) is 14.5 Å². The van der Waals surface area contributed by atoms with E-state index in [0.717, 1.165) is 56.3 Å². The summed E-state index contributed by atoms with van der Waals surface area (Å²) in [5.41, 5.74) is 2.97. The van der Waals surface area contributed by atoms with E-state index in [1.807, 2.05) is 44.2 Å². The predicted molar refractivity (Wildman–Crippen MR) is 224 cm³/mol. The lowest BCUT2D eigenvalue weighted by Crippen LogP contribution is -2.39. The highest BCUT2D eigenvalue weighted by Gasteiger charge is 2.16. The molecule has 0 atom stereocenters. The summed E-state index contributed by atoms with van der Waals surface area (Å²) >= 11 is 20.5. The first-order chi connectivity index (χ1) is 27.1. The van der Waals surface area contributed by atoms with Gasteiger partial charge < -0.3 is 31.3 Å². The number of para-hydroxylation sites is 2. The van der Waals surface area contributed by atoms with Crippen molar-refractivity contribution in [3.8, 4) is 0 Å². The Kier molecular flexibility index (Phi) is 14.3. The van der Waals surface area contributed by atoms with Crippen LogP contribution in [0.5, 0.6) is 0 Å². The van der Waals surface area contributed by atoms with Crippen molar-refractivity contribution in [2.75, 3.05) is 66.0 Å². The highest BCUT2D eigenvalue weighted by atomic mass is 35.5. The normalized spacial score (nSPS) is 12.6. The molecule has 7 rings (SSSR count). The molecule has 1 aliphatic heterocycles. The molecule has 1 saturated heterocycles. The summed E-state index contributed by atoms with van der Waals surface area (Å²) in [6.45, 7) is 8.94. The predicted octanol–water partition coefficient (Wildman–Crippen LogP) is 8.18. The van der Waals surface area contributed by atoms with Crippen LogP contribution in [-0.4, -0.2) is 86.0 Å². The fraction of sp³-hybridized carbons (Fsp3) is 0.222. The molecule has 2 aromatic carbocycles. The maximum absolute atomic E-state index is 12.6. The van der Waals surface area contributed by atoms with Gasteiger partial charge in [-0.2, -0.15) is 0 Å². The number of thiazole rings is 2. The summed E-state index contributed by atoms with van der Waals surface area (Å²) in [6, 6.07) is 14.3. The number of ether oxygens (including phenoxy) is 1. The zero-order chi connectivity index (χ0) is 39.4. The summed E-state index contributed by atoms with van der Waals surface area (Å²) in [6.07, 6.45) is 5.83. The Labute approximate surface area is 345 Å². The van der Waals surface area contributed by atoms with Gasteiger partial charge in [0.05, 0.1) is 47.0 Å². The second-order valence-corrected chi connectivity index (χ2v) is 15.2. The number of nitrogens with zero attached hydrogens (tertiary/aromatic N) is 7. The van der Waals surface area contributed by atoms with Crippen LogP contribution in [0, 0.1) is 13.8 Å². The van der Waals surface area contributed by atoms with Crippen LogP contribution in [0.2, 0.25) is 15.2 Å². The molecule has 290 valence electrons. The molecule has 0 saturated carbocycles. The van der Waals surface area contributed by atoms with Crippen LogP contribution >= 0.6 is 57.5 Å². The molecule has 4 aromatic heterocycles. The largest absolute Gasteiger partial charge is 0.379 e. The molecule has 5 N–H and O–H groups in total. The van der Waals surface area contributed by atoms with E-state index in [1.165, 1.54) is 47.7 Å². The second kappa shape index (κ2) is 19.7. The summed E-state index contributed by atoms with van der Waals surface area (Å²) in [5.74, 6) is 1.27. The zero-order valence-electron chi connectivity index (χ0n) is 30.0. The van der Waals surface area contributed by atoms with Crippen LogP contribution in [-0.2, 0) is 4.74 Å². The molecule has 5 heterocycles. The minimum Gasteiger partial charge on any atom is -0.379 e. The Balaban J connectivity index is 0.000000198. The van der Waals surface area contributed by atoms with Crippen LogP contribution in [0.4, 0.5) is 39.1 Å². The maximum atomic E-state index is 12.6. The van der Waals surface area contributed by atoms with E-state index >= 15 is 0 Å².